The van der Waals surface area contributed by atoms with Gasteiger partial charge in [-0.2, -0.15) is 5.10 Å². The van der Waals surface area contributed by atoms with Crippen molar-refractivity contribution in [3.05, 3.63) is 87.5 Å². The molecule has 0 aliphatic carbocycles. The van der Waals surface area contributed by atoms with Crippen molar-refractivity contribution in [3.8, 4) is 11.3 Å². The molecule has 2 aromatic carbocycles. The molecule has 9 heteroatoms. The number of nitrogens with two attached hydrogens (primary N) is 1. The second-order valence-electron chi connectivity index (χ2n) is 8.94. The Balaban J connectivity index is 1.67. The molecule has 0 bridgehead atoms. The number of nitrogens with zero attached hydrogens (tertiary/aromatic N) is 4. The fourth-order valence-electron chi connectivity index (χ4n) is 4.54. The van der Waals surface area contributed by atoms with E-state index in [0.717, 1.165) is 27.6 Å². The van der Waals surface area contributed by atoms with Crippen LogP contribution in [0.3, 0.4) is 0 Å². The number of amidine groups is 1. The van der Waals surface area contributed by atoms with Crippen molar-refractivity contribution in [2.45, 2.75) is 26.8 Å². The molecule has 9 nitrogen and oxygen atoms in total. The number of rotatable bonds is 5. The number of hydrogen-bond donors (Lipinski definition) is 3. The standard InChI is InChI=1S/C27H26N6O3/c1-14-10-19(16(3)30-22-6-5-9-29-23(22)27(28)32-35)26-20(11-14)24(34)15(2)25(36-26)17-7-8-21-18(12-17)13-33(4)31-21/h5-13,16,30,35H,1-4H3,(H2,28,32)/t16-/m1/s1. The van der Waals surface area contributed by atoms with Gasteiger partial charge in [0.05, 0.1) is 22.6 Å². The van der Waals surface area contributed by atoms with E-state index in [1.54, 1.807) is 29.9 Å². The SMILES string of the molecule is Cc1cc([C@@H](C)Nc2cccnc2/C(N)=N/O)c2oc(-c3ccc4nn(C)cc4c3)c(C)c(=O)c2c1. The lowest BCUT2D eigenvalue weighted by atomic mass is 9.98. The first-order valence-electron chi connectivity index (χ1n) is 11.5. The molecule has 5 rings (SSSR count). The van der Waals surface area contributed by atoms with Crippen LogP contribution in [-0.2, 0) is 7.05 Å². The van der Waals surface area contributed by atoms with Crippen LogP contribution in [0, 0.1) is 13.8 Å². The Bertz CT molecular complexity index is 1720. The predicted octanol–water partition coefficient (Wildman–Crippen LogP) is 4.63. The van der Waals surface area contributed by atoms with Crippen molar-refractivity contribution in [2.75, 3.05) is 5.32 Å². The highest BCUT2D eigenvalue weighted by Crippen LogP contribution is 2.33. The van der Waals surface area contributed by atoms with Crippen molar-refractivity contribution < 1.29 is 9.62 Å². The molecule has 0 saturated heterocycles. The van der Waals surface area contributed by atoms with Gasteiger partial charge in [-0.3, -0.25) is 14.5 Å². The number of anilines is 1. The zero-order chi connectivity index (χ0) is 25.6. The molecule has 5 aromatic rings. The second-order valence-corrected chi connectivity index (χ2v) is 8.94. The number of aryl methyl sites for hydroxylation is 2. The van der Waals surface area contributed by atoms with Crippen LogP contribution in [-0.4, -0.2) is 25.8 Å². The zero-order valence-electron chi connectivity index (χ0n) is 20.4. The third kappa shape index (κ3) is 3.94. The topological polar surface area (TPSA) is 132 Å². The molecular formula is C27H26N6O3. The van der Waals surface area contributed by atoms with Gasteiger partial charge < -0.3 is 20.7 Å². The zero-order valence-corrected chi connectivity index (χ0v) is 20.4. The number of fused-ring (bicyclic) bond motifs is 2. The van der Waals surface area contributed by atoms with Crippen molar-refractivity contribution in [3.63, 3.8) is 0 Å². The molecule has 1 atom stereocenters. The summed E-state index contributed by atoms with van der Waals surface area (Å²) in [6.07, 6.45) is 3.50. The number of hydrogen-bond acceptors (Lipinski definition) is 7. The average Bonchev–Trinajstić information content (AvgIpc) is 3.25. The van der Waals surface area contributed by atoms with Crippen LogP contribution in [0.1, 0.15) is 35.3 Å². The first-order valence-corrected chi connectivity index (χ1v) is 11.5. The summed E-state index contributed by atoms with van der Waals surface area (Å²) in [5.74, 6) is 0.420. The smallest absolute Gasteiger partial charge is 0.196 e. The van der Waals surface area contributed by atoms with Crippen molar-refractivity contribution in [1.29, 1.82) is 0 Å². The molecule has 0 unspecified atom stereocenters. The fraction of sp³-hybridized carbons (Fsp3) is 0.185. The lowest BCUT2D eigenvalue weighted by Crippen LogP contribution is -2.19. The first-order chi connectivity index (χ1) is 17.3. The van der Waals surface area contributed by atoms with Gasteiger partial charge in [0.1, 0.15) is 17.0 Å². The second kappa shape index (κ2) is 8.84. The summed E-state index contributed by atoms with van der Waals surface area (Å²) in [5.41, 5.74) is 11.1. The average molecular weight is 483 g/mol. The third-order valence-corrected chi connectivity index (χ3v) is 6.27. The lowest BCUT2D eigenvalue weighted by Gasteiger charge is -2.20. The molecule has 3 heterocycles. The van der Waals surface area contributed by atoms with E-state index >= 15 is 0 Å². The first kappa shape index (κ1) is 23.1. The molecule has 0 aliphatic heterocycles. The van der Waals surface area contributed by atoms with Gasteiger partial charge in [0.25, 0.3) is 0 Å². The number of oxime groups is 1. The summed E-state index contributed by atoms with van der Waals surface area (Å²) in [4.78, 5) is 17.7. The molecule has 0 amide bonds. The fourth-order valence-corrected chi connectivity index (χ4v) is 4.54. The van der Waals surface area contributed by atoms with Gasteiger partial charge >= 0.3 is 0 Å². The minimum atomic E-state index is -0.290. The summed E-state index contributed by atoms with van der Waals surface area (Å²) < 4.78 is 8.24. The maximum Gasteiger partial charge on any atom is 0.196 e. The number of nitrogens with one attached hydrogen (secondary N) is 1. The summed E-state index contributed by atoms with van der Waals surface area (Å²) in [5, 5.41) is 21.5. The Labute approximate surface area is 206 Å². The minimum absolute atomic E-state index is 0.0755. The molecule has 36 heavy (non-hydrogen) atoms. The Morgan fingerprint density at radius 1 is 1.22 bits per heavy atom. The monoisotopic (exact) mass is 482 g/mol. The maximum absolute atomic E-state index is 13.5. The van der Waals surface area contributed by atoms with Crippen LogP contribution in [0.5, 0.6) is 0 Å². The van der Waals surface area contributed by atoms with E-state index in [2.05, 4.69) is 20.6 Å². The van der Waals surface area contributed by atoms with E-state index in [1.165, 1.54) is 0 Å². The van der Waals surface area contributed by atoms with Gasteiger partial charge in [-0.05, 0) is 62.7 Å². The highest BCUT2D eigenvalue weighted by atomic mass is 16.4. The Hall–Kier alpha value is -4.66. The molecule has 3 aromatic heterocycles. The number of aromatic nitrogens is 3. The minimum Gasteiger partial charge on any atom is -0.455 e. The summed E-state index contributed by atoms with van der Waals surface area (Å²) in [6.45, 7) is 5.69. The molecular weight excluding hydrogens is 456 g/mol. The third-order valence-electron chi connectivity index (χ3n) is 6.27. The number of pyridine rings is 1. The van der Waals surface area contributed by atoms with E-state index < -0.39 is 0 Å². The van der Waals surface area contributed by atoms with Gasteiger partial charge in [0, 0.05) is 41.5 Å². The van der Waals surface area contributed by atoms with Crippen LogP contribution in [0.25, 0.3) is 33.2 Å². The molecule has 0 radical (unpaired) electrons. The largest absolute Gasteiger partial charge is 0.455 e. The van der Waals surface area contributed by atoms with Gasteiger partial charge in [-0.1, -0.05) is 11.2 Å². The normalized spacial score (nSPS) is 12.8. The maximum atomic E-state index is 13.5. The molecule has 4 N–H and O–H groups in total. The molecule has 0 fully saturated rings. The van der Waals surface area contributed by atoms with Crippen LogP contribution in [0.2, 0.25) is 0 Å². The van der Waals surface area contributed by atoms with Crippen LogP contribution < -0.4 is 16.5 Å². The molecule has 0 aliphatic rings. The van der Waals surface area contributed by atoms with E-state index in [0.29, 0.717) is 33.7 Å². The highest BCUT2D eigenvalue weighted by molar-refractivity contribution is 6.00. The van der Waals surface area contributed by atoms with Crippen molar-refractivity contribution in [1.82, 2.24) is 14.8 Å². The van der Waals surface area contributed by atoms with Crippen LogP contribution in [0.4, 0.5) is 5.69 Å². The summed E-state index contributed by atoms with van der Waals surface area (Å²) in [6, 6.07) is 12.9. The lowest BCUT2D eigenvalue weighted by molar-refractivity contribution is 0.318. The summed E-state index contributed by atoms with van der Waals surface area (Å²) >= 11 is 0. The highest BCUT2D eigenvalue weighted by Gasteiger charge is 2.20. The van der Waals surface area contributed by atoms with E-state index in [1.807, 2.05) is 57.4 Å². The van der Waals surface area contributed by atoms with Crippen molar-refractivity contribution >= 4 is 33.4 Å². The summed E-state index contributed by atoms with van der Waals surface area (Å²) in [7, 11) is 1.87. The van der Waals surface area contributed by atoms with E-state index in [4.69, 9.17) is 15.4 Å². The predicted molar refractivity (Wildman–Crippen MR) is 140 cm³/mol. The Morgan fingerprint density at radius 2 is 2.03 bits per heavy atom. The van der Waals surface area contributed by atoms with E-state index in [9.17, 15) is 4.79 Å². The van der Waals surface area contributed by atoms with Gasteiger partial charge in [0.2, 0.25) is 0 Å². The van der Waals surface area contributed by atoms with Crippen molar-refractivity contribution in [2.24, 2.45) is 17.9 Å². The van der Waals surface area contributed by atoms with Gasteiger partial charge in [0.15, 0.2) is 11.3 Å². The van der Waals surface area contributed by atoms with Crippen LogP contribution >= 0.6 is 0 Å². The van der Waals surface area contributed by atoms with Gasteiger partial charge in [-0.25, -0.2) is 0 Å². The van der Waals surface area contributed by atoms with Crippen LogP contribution in [0.15, 0.2) is 69.2 Å². The Morgan fingerprint density at radius 3 is 2.81 bits per heavy atom. The molecule has 0 saturated carbocycles. The molecule has 182 valence electrons. The van der Waals surface area contributed by atoms with E-state index in [-0.39, 0.29) is 17.3 Å². The Kier molecular flexibility index (Phi) is 5.68. The van der Waals surface area contributed by atoms with Gasteiger partial charge in [-0.15, -0.1) is 0 Å². The quantitative estimate of drug-likeness (QED) is 0.144. The number of benzene rings is 2. The molecule has 0 spiro atoms.